The molecular formula is C20H22BrN3O2S. The van der Waals surface area contributed by atoms with Gasteiger partial charge in [0.25, 0.3) is 0 Å². The Morgan fingerprint density at radius 2 is 2.19 bits per heavy atom. The van der Waals surface area contributed by atoms with Gasteiger partial charge in [0.2, 0.25) is 0 Å². The van der Waals surface area contributed by atoms with E-state index in [1.54, 1.807) is 7.11 Å². The zero-order chi connectivity index (χ0) is 19.0. The number of halogens is 1. The molecule has 0 unspecified atom stereocenters. The number of amidine groups is 1. The first-order valence-electron chi connectivity index (χ1n) is 9.04. The van der Waals surface area contributed by atoms with Crippen LogP contribution in [0.4, 0.5) is 0 Å². The average Bonchev–Trinajstić information content (AvgIpc) is 3.18. The SMILES string of the molecule is CCOc1cc([C@@H]2[C@@H](c3ccccn3)N=C3S[C@@H](C)CN32)cc(Br)c1OC. The van der Waals surface area contributed by atoms with Crippen LogP contribution in [0, 0.1) is 0 Å². The third-order valence-electron chi connectivity index (χ3n) is 4.76. The molecule has 3 atom stereocenters. The largest absolute Gasteiger partial charge is 0.492 e. The van der Waals surface area contributed by atoms with Crippen molar-refractivity contribution in [3.63, 3.8) is 0 Å². The first kappa shape index (κ1) is 18.6. The third-order valence-corrected chi connectivity index (χ3v) is 6.45. The van der Waals surface area contributed by atoms with Crippen LogP contribution in [0.15, 0.2) is 46.0 Å². The molecule has 0 bridgehead atoms. The van der Waals surface area contributed by atoms with Crippen molar-refractivity contribution < 1.29 is 9.47 Å². The van der Waals surface area contributed by atoms with Crippen LogP contribution >= 0.6 is 27.7 Å². The molecule has 1 aromatic carbocycles. The van der Waals surface area contributed by atoms with Crippen LogP contribution < -0.4 is 9.47 Å². The highest BCUT2D eigenvalue weighted by molar-refractivity contribution is 9.10. The van der Waals surface area contributed by atoms with Crippen LogP contribution in [0.3, 0.4) is 0 Å². The van der Waals surface area contributed by atoms with Gasteiger partial charge in [0, 0.05) is 18.0 Å². The summed E-state index contributed by atoms with van der Waals surface area (Å²) in [6.07, 6.45) is 1.83. The fourth-order valence-electron chi connectivity index (χ4n) is 3.70. The van der Waals surface area contributed by atoms with Crippen molar-refractivity contribution in [3.8, 4) is 11.5 Å². The minimum Gasteiger partial charge on any atom is -0.492 e. The number of aromatic nitrogens is 1. The van der Waals surface area contributed by atoms with Crippen molar-refractivity contribution in [2.24, 2.45) is 4.99 Å². The van der Waals surface area contributed by atoms with E-state index in [1.165, 1.54) is 0 Å². The number of thioether (sulfide) groups is 1. The highest BCUT2D eigenvalue weighted by atomic mass is 79.9. The normalized spacial score (nSPS) is 23.9. The van der Waals surface area contributed by atoms with E-state index in [-0.39, 0.29) is 12.1 Å². The van der Waals surface area contributed by atoms with Crippen molar-refractivity contribution in [1.29, 1.82) is 0 Å². The lowest BCUT2D eigenvalue weighted by atomic mass is 9.96. The molecule has 1 aromatic heterocycles. The zero-order valence-electron chi connectivity index (χ0n) is 15.6. The minimum atomic E-state index is -0.0315. The lowest BCUT2D eigenvalue weighted by Gasteiger charge is -2.28. The summed E-state index contributed by atoms with van der Waals surface area (Å²) in [4.78, 5) is 12.0. The molecule has 2 aliphatic heterocycles. The first-order valence-corrected chi connectivity index (χ1v) is 10.7. The lowest BCUT2D eigenvalue weighted by molar-refractivity contribution is 0.301. The Morgan fingerprint density at radius 1 is 1.33 bits per heavy atom. The molecule has 27 heavy (non-hydrogen) atoms. The van der Waals surface area contributed by atoms with Crippen LogP contribution in [0.2, 0.25) is 0 Å². The average molecular weight is 448 g/mol. The summed E-state index contributed by atoms with van der Waals surface area (Å²) < 4.78 is 12.3. The van der Waals surface area contributed by atoms with Crippen LogP contribution in [0.25, 0.3) is 0 Å². The predicted octanol–water partition coefficient (Wildman–Crippen LogP) is 4.84. The van der Waals surface area contributed by atoms with Crippen molar-refractivity contribution in [3.05, 3.63) is 52.3 Å². The molecule has 142 valence electrons. The van der Waals surface area contributed by atoms with Crippen molar-refractivity contribution in [2.75, 3.05) is 20.3 Å². The van der Waals surface area contributed by atoms with Crippen LogP contribution in [-0.2, 0) is 0 Å². The number of aliphatic imine (C=N–C) groups is 1. The topological polar surface area (TPSA) is 47.0 Å². The Kier molecular flexibility index (Phi) is 5.32. The number of rotatable bonds is 5. The Balaban J connectivity index is 1.80. The van der Waals surface area contributed by atoms with Gasteiger partial charge in [0.15, 0.2) is 16.7 Å². The third kappa shape index (κ3) is 3.43. The van der Waals surface area contributed by atoms with E-state index in [1.807, 2.05) is 37.0 Å². The molecule has 1 saturated heterocycles. The second-order valence-corrected chi connectivity index (χ2v) is 8.86. The van der Waals surface area contributed by atoms with E-state index in [0.717, 1.165) is 38.9 Å². The van der Waals surface area contributed by atoms with Gasteiger partial charge < -0.3 is 14.4 Å². The molecule has 0 spiro atoms. The highest BCUT2D eigenvalue weighted by Crippen LogP contribution is 2.49. The van der Waals surface area contributed by atoms with Gasteiger partial charge >= 0.3 is 0 Å². The van der Waals surface area contributed by atoms with Gasteiger partial charge in [0.05, 0.1) is 29.9 Å². The van der Waals surface area contributed by atoms with Gasteiger partial charge in [-0.3, -0.25) is 9.98 Å². The Hall–Kier alpha value is -1.73. The first-order chi connectivity index (χ1) is 13.1. The number of pyridine rings is 1. The number of nitrogens with zero attached hydrogens (tertiary/aromatic N) is 3. The van der Waals surface area contributed by atoms with Crippen molar-refractivity contribution in [1.82, 2.24) is 9.88 Å². The molecule has 0 aliphatic carbocycles. The predicted molar refractivity (Wildman–Crippen MR) is 113 cm³/mol. The molecule has 0 amide bonds. The molecule has 4 rings (SSSR count). The van der Waals surface area contributed by atoms with Crippen molar-refractivity contribution >= 4 is 32.9 Å². The molecular weight excluding hydrogens is 426 g/mol. The summed E-state index contributed by atoms with van der Waals surface area (Å²) in [7, 11) is 1.66. The quantitative estimate of drug-likeness (QED) is 0.655. The van der Waals surface area contributed by atoms with Gasteiger partial charge in [-0.1, -0.05) is 24.8 Å². The Bertz CT molecular complexity index is 862. The summed E-state index contributed by atoms with van der Waals surface area (Å²) in [5.74, 6) is 1.47. The van der Waals surface area contributed by atoms with Crippen LogP contribution in [0.1, 0.15) is 37.2 Å². The molecule has 0 radical (unpaired) electrons. The van der Waals surface area contributed by atoms with Crippen LogP contribution in [0.5, 0.6) is 11.5 Å². The maximum atomic E-state index is 5.85. The number of hydrogen-bond donors (Lipinski definition) is 0. The molecule has 2 aromatic rings. The molecule has 1 fully saturated rings. The smallest absolute Gasteiger partial charge is 0.174 e. The van der Waals surface area contributed by atoms with Gasteiger partial charge in [-0.2, -0.15) is 0 Å². The van der Waals surface area contributed by atoms with Gasteiger partial charge in [-0.05, 0) is 52.7 Å². The Morgan fingerprint density at radius 3 is 2.89 bits per heavy atom. The zero-order valence-corrected chi connectivity index (χ0v) is 18.0. The maximum Gasteiger partial charge on any atom is 0.174 e. The maximum absolute atomic E-state index is 5.85. The molecule has 0 saturated carbocycles. The summed E-state index contributed by atoms with van der Waals surface area (Å²) >= 11 is 5.49. The number of fused-ring (bicyclic) bond motifs is 1. The molecule has 3 heterocycles. The summed E-state index contributed by atoms with van der Waals surface area (Å²) in [5.41, 5.74) is 2.14. The van der Waals surface area contributed by atoms with Gasteiger partial charge in [-0.15, -0.1) is 0 Å². The summed E-state index contributed by atoms with van der Waals surface area (Å²) in [5, 5.41) is 1.64. The standard InChI is InChI=1S/C20H22BrN3O2S/c1-4-26-16-10-13(9-14(21)19(16)25-3)18-17(15-7-5-6-8-22-15)23-20-24(18)11-12(2)27-20/h5-10,12,17-18H,4,11H2,1-3H3/t12-,17+,18+/m0/s1. The Labute approximate surface area is 172 Å². The second kappa shape index (κ2) is 7.72. The molecule has 0 N–H and O–H groups in total. The van der Waals surface area contributed by atoms with E-state index in [2.05, 4.69) is 50.9 Å². The van der Waals surface area contributed by atoms with E-state index in [4.69, 9.17) is 14.5 Å². The number of benzene rings is 1. The van der Waals surface area contributed by atoms with Gasteiger partial charge in [0.1, 0.15) is 6.04 Å². The molecule has 7 heteroatoms. The fourth-order valence-corrected chi connectivity index (χ4v) is 5.41. The second-order valence-electron chi connectivity index (χ2n) is 6.60. The lowest BCUT2D eigenvalue weighted by Crippen LogP contribution is -2.28. The summed E-state index contributed by atoms with van der Waals surface area (Å²) in [6.45, 7) is 5.78. The molecule has 5 nitrogen and oxygen atoms in total. The molecule has 2 aliphatic rings. The minimum absolute atomic E-state index is 0.0315. The van der Waals surface area contributed by atoms with Crippen LogP contribution in [-0.4, -0.2) is 40.6 Å². The number of methoxy groups -OCH3 is 1. The van der Waals surface area contributed by atoms with E-state index in [0.29, 0.717) is 11.9 Å². The van der Waals surface area contributed by atoms with Gasteiger partial charge in [-0.25, -0.2) is 0 Å². The fraction of sp³-hybridized carbons (Fsp3) is 0.400. The highest BCUT2D eigenvalue weighted by Gasteiger charge is 2.43. The van der Waals surface area contributed by atoms with Crippen molar-refractivity contribution in [2.45, 2.75) is 31.2 Å². The van der Waals surface area contributed by atoms with E-state index < -0.39 is 0 Å². The summed E-state index contributed by atoms with van der Waals surface area (Å²) in [6, 6.07) is 10.3. The van der Waals surface area contributed by atoms with E-state index in [9.17, 15) is 0 Å². The van der Waals surface area contributed by atoms with E-state index >= 15 is 0 Å². The monoisotopic (exact) mass is 447 g/mol. The number of ether oxygens (including phenoxy) is 2. The number of hydrogen-bond acceptors (Lipinski definition) is 6.